The van der Waals surface area contributed by atoms with Crippen LogP contribution in [-0.4, -0.2) is 19.7 Å². The smallest absolute Gasteiger partial charge is 0.120 e. The van der Waals surface area contributed by atoms with E-state index in [4.69, 9.17) is 10.5 Å². The second-order valence-electron chi connectivity index (χ2n) is 5.25. The number of piperidine rings is 1. The Labute approximate surface area is 110 Å². The van der Waals surface area contributed by atoms with Gasteiger partial charge in [-0.3, -0.25) is 0 Å². The van der Waals surface area contributed by atoms with Crippen molar-refractivity contribution in [3.8, 4) is 5.75 Å². The van der Waals surface area contributed by atoms with Crippen LogP contribution >= 0.6 is 0 Å². The van der Waals surface area contributed by atoms with Crippen molar-refractivity contribution in [2.75, 3.05) is 18.6 Å². The van der Waals surface area contributed by atoms with Crippen molar-refractivity contribution in [2.45, 2.75) is 39.3 Å². The Morgan fingerprint density at radius 3 is 2.83 bits per heavy atom. The summed E-state index contributed by atoms with van der Waals surface area (Å²) in [5.74, 6) is 1.64. The molecule has 100 valence electrons. The topological polar surface area (TPSA) is 38.5 Å². The molecule has 18 heavy (non-hydrogen) atoms. The number of methoxy groups -OCH3 is 1. The molecule has 0 radical (unpaired) electrons. The van der Waals surface area contributed by atoms with Gasteiger partial charge in [-0.05, 0) is 37.3 Å². The summed E-state index contributed by atoms with van der Waals surface area (Å²) < 4.78 is 5.34. The standard InChI is InChI=1S/C15H24N2O/c1-11-5-4-8-17(12(11)2)15-9-14(18-3)7-6-13(15)10-16/h6-7,9,11-12H,4-5,8,10,16H2,1-3H3. The van der Waals surface area contributed by atoms with Crippen molar-refractivity contribution in [3.05, 3.63) is 23.8 Å². The number of anilines is 1. The average Bonchev–Trinajstić information content (AvgIpc) is 2.41. The Kier molecular flexibility index (Phi) is 4.12. The lowest BCUT2D eigenvalue weighted by atomic mass is 9.91. The fourth-order valence-electron chi connectivity index (χ4n) is 2.79. The maximum Gasteiger partial charge on any atom is 0.120 e. The molecule has 1 fully saturated rings. The minimum Gasteiger partial charge on any atom is -0.497 e. The minimum atomic E-state index is 0.566. The maximum absolute atomic E-state index is 5.86. The molecule has 0 spiro atoms. The molecule has 2 atom stereocenters. The molecule has 2 unspecified atom stereocenters. The van der Waals surface area contributed by atoms with Crippen LogP contribution in [0.25, 0.3) is 0 Å². The van der Waals surface area contributed by atoms with Crippen LogP contribution in [0.1, 0.15) is 32.3 Å². The highest BCUT2D eigenvalue weighted by molar-refractivity contribution is 5.58. The number of nitrogens with zero attached hydrogens (tertiary/aromatic N) is 1. The third kappa shape index (κ3) is 2.46. The van der Waals surface area contributed by atoms with Gasteiger partial charge in [-0.25, -0.2) is 0 Å². The molecule has 1 aliphatic rings. The van der Waals surface area contributed by atoms with Crippen molar-refractivity contribution in [1.82, 2.24) is 0 Å². The third-order valence-electron chi connectivity index (χ3n) is 4.20. The maximum atomic E-state index is 5.86. The summed E-state index contributed by atoms with van der Waals surface area (Å²) in [7, 11) is 1.71. The summed E-state index contributed by atoms with van der Waals surface area (Å²) in [6.07, 6.45) is 2.58. The fraction of sp³-hybridized carbons (Fsp3) is 0.600. The summed E-state index contributed by atoms with van der Waals surface area (Å²) in [4.78, 5) is 2.48. The molecule has 1 heterocycles. The Balaban J connectivity index is 2.35. The Morgan fingerprint density at radius 2 is 2.17 bits per heavy atom. The van der Waals surface area contributed by atoms with E-state index in [0.29, 0.717) is 12.6 Å². The van der Waals surface area contributed by atoms with Crippen molar-refractivity contribution in [1.29, 1.82) is 0 Å². The molecule has 1 aromatic carbocycles. The Hall–Kier alpha value is -1.22. The van der Waals surface area contributed by atoms with Gasteiger partial charge in [-0.1, -0.05) is 13.0 Å². The van der Waals surface area contributed by atoms with Gasteiger partial charge in [0.2, 0.25) is 0 Å². The first-order valence-electron chi connectivity index (χ1n) is 6.81. The summed E-state index contributed by atoms with van der Waals surface area (Å²) >= 11 is 0. The van der Waals surface area contributed by atoms with E-state index >= 15 is 0 Å². The summed E-state index contributed by atoms with van der Waals surface area (Å²) in [5, 5.41) is 0. The van der Waals surface area contributed by atoms with Crippen molar-refractivity contribution in [2.24, 2.45) is 11.7 Å². The molecule has 3 heteroatoms. The second-order valence-corrected chi connectivity index (χ2v) is 5.25. The van der Waals surface area contributed by atoms with Crippen LogP contribution in [0.2, 0.25) is 0 Å². The monoisotopic (exact) mass is 248 g/mol. The molecule has 2 rings (SSSR count). The minimum absolute atomic E-state index is 0.566. The van der Waals surface area contributed by atoms with Gasteiger partial charge in [-0.2, -0.15) is 0 Å². The van der Waals surface area contributed by atoms with E-state index in [2.05, 4.69) is 30.9 Å². The first kappa shape index (κ1) is 13.2. The number of nitrogens with two attached hydrogens (primary N) is 1. The largest absolute Gasteiger partial charge is 0.497 e. The van der Waals surface area contributed by atoms with Crippen LogP contribution in [0, 0.1) is 5.92 Å². The van der Waals surface area contributed by atoms with Crippen molar-refractivity contribution in [3.63, 3.8) is 0 Å². The van der Waals surface area contributed by atoms with Crippen LogP contribution in [-0.2, 0) is 6.54 Å². The SMILES string of the molecule is COc1ccc(CN)c(N2CCCC(C)C2C)c1. The number of ether oxygens (including phenoxy) is 1. The number of benzene rings is 1. The van der Waals surface area contributed by atoms with Gasteiger partial charge in [0.25, 0.3) is 0 Å². The first-order valence-corrected chi connectivity index (χ1v) is 6.81. The molecule has 1 aromatic rings. The molecule has 1 saturated heterocycles. The number of rotatable bonds is 3. The molecule has 3 nitrogen and oxygen atoms in total. The number of hydrogen-bond donors (Lipinski definition) is 1. The zero-order chi connectivity index (χ0) is 13.1. The Bertz CT molecular complexity index is 405. The average molecular weight is 248 g/mol. The third-order valence-corrected chi connectivity index (χ3v) is 4.20. The van der Waals surface area contributed by atoms with Crippen LogP contribution in [0.3, 0.4) is 0 Å². The van der Waals surface area contributed by atoms with Crippen molar-refractivity contribution < 1.29 is 4.74 Å². The molecule has 0 saturated carbocycles. The van der Waals surface area contributed by atoms with Crippen molar-refractivity contribution >= 4 is 5.69 Å². The molecule has 0 bridgehead atoms. The van der Waals surface area contributed by atoms with Gasteiger partial charge in [-0.15, -0.1) is 0 Å². The number of hydrogen-bond acceptors (Lipinski definition) is 3. The molecule has 1 aliphatic heterocycles. The zero-order valence-electron chi connectivity index (χ0n) is 11.6. The van der Waals surface area contributed by atoms with E-state index in [0.717, 1.165) is 18.2 Å². The van der Waals surface area contributed by atoms with E-state index in [9.17, 15) is 0 Å². The first-order chi connectivity index (χ1) is 8.67. The Morgan fingerprint density at radius 1 is 1.39 bits per heavy atom. The summed E-state index contributed by atoms with van der Waals surface area (Å²) in [6, 6.07) is 6.76. The summed E-state index contributed by atoms with van der Waals surface area (Å²) in [5.41, 5.74) is 8.31. The van der Waals surface area contributed by atoms with E-state index < -0.39 is 0 Å². The highest BCUT2D eigenvalue weighted by atomic mass is 16.5. The van der Waals surface area contributed by atoms with Gasteiger partial charge in [0.15, 0.2) is 0 Å². The molecular formula is C15H24N2O. The molecule has 0 aromatic heterocycles. The fourth-order valence-corrected chi connectivity index (χ4v) is 2.79. The van der Waals surface area contributed by atoms with E-state index in [1.54, 1.807) is 7.11 Å². The van der Waals surface area contributed by atoms with Crippen LogP contribution in [0.4, 0.5) is 5.69 Å². The predicted molar refractivity (Wildman–Crippen MR) is 76.1 cm³/mol. The van der Waals surface area contributed by atoms with Crippen LogP contribution in [0.5, 0.6) is 5.75 Å². The van der Waals surface area contributed by atoms with Gasteiger partial charge >= 0.3 is 0 Å². The molecule has 0 amide bonds. The van der Waals surface area contributed by atoms with Crippen LogP contribution in [0.15, 0.2) is 18.2 Å². The predicted octanol–water partition coefficient (Wildman–Crippen LogP) is 2.78. The molecule has 2 N–H and O–H groups in total. The highest BCUT2D eigenvalue weighted by Gasteiger charge is 2.26. The van der Waals surface area contributed by atoms with Gasteiger partial charge in [0, 0.05) is 30.9 Å². The zero-order valence-corrected chi connectivity index (χ0v) is 11.6. The van der Waals surface area contributed by atoms with Crippen LogP contribution < -0.4 is 15.4 Å². The van der Waals surface area contributed by atoms with E-state index in [-0.39, 0.29) is 0 Å². The lowest BCUT2D eigenvalue weighted by molar-refractivity contribution is 0.362. The normalized spacial score (nSPS) is 24.1. The van der Waals surface area contributed by atoms with Gasteiger partial charge in [0.05, 0.1) is 7.11 Å². The quantitative estimate of drug-likeness (QED) is 0.894. The van der Waals surface area contributed by atoms with E-state index in [1.807, 2.05) is 6.07 Å². The van der Waals surface area contributed by atoms with Gasteiger partial charge < -0.3 is 15.4 Å². The highest BCUT2D eigenvalue weighted by Crippen LogP contribution is 2.33. The second kappa shape index (κ2) is 5.61. The lowest BCUT2D eigenvalue weighted by Gasteiger charge is -2.40. The molecular weight excluding hydrogens is 224 g/mol. The molecule has 0 aliphatic carbocycles. The lowest BCUT2D eigenvalue weighted by Crippen LogP contribution is -2.43. The summed E-state index contributed by atoms with van der Waals surface area (Å²) in [6.45, 7) is 6.34. The van der Waals surface area contributed by atoms with E-state index in [1.165, 1.54) is 24.1 Å². The van der Waals surface area contributed by atoms with Gasteiger partial charge in [0.1, 0.15) is 5.75 Å².